The van der Waals surface area contributed by atoms with Crippen molar-refractivity contribution in [2.75, 3.05) is 26.4 Å². The number of aromatic nitrogens is 3. The van der Waals surface area contributed by atoms with Gasteiger partial charge in [0.1, 0.15) is 5.69 Å². The van der Waals surface area contributed by atoms with E-state index in [-0.39, 0.29) is 24.6 Å². The standard InChI is InChI=1S/C17H18N4O4/c22-16-11-4-6-21(17(23)14-10-24-7-8-25-14)9-13(11)19-15(20-16)12-3-1-2-5-18-12/h1-3,5,14H,4,6-10H2,(H,19,20,22)/t14-/m1/s1. The average molecular weight is 342 g/mol. The van der Waals surface area contributed by atoms with Crippen molar-refractivity contribution >= 4 is 5.91 Å². The van der Waals surface area contributed by atoms with Crippen LogP contribution in [-0.4, -0.2) is 58.2 Å². The lowest BCUT2D eigenvalue weighted by Gasteiger charge is -2.32. The van der Waals surface area contributed by atoms with Gasteiger partial charge in [-0.1, -0.05) is 6.07 Å². The Morgan fingerprint density at radius 3 is 3.00 bits per heavy atom. The van der Waals surface area contributed by atoms with Crippen LogP contribution in [0.4, 0.5) is 0 Å². The topological polar surface area (TPSA) is 97.4 Å². The number of carbonyl (C=O) groups is 1. The summed E-state index contributed by atoms with van der Waals surface area (Å²) in [5.41, 5.74) is 1.66. The van der Waals surface area contributed by atoms with Crippen LogP contribution < -0.4 is 5.56 Å². The second-order valence-corrected chi connectivity index (χ2v) is 6.00. The Labute approximate surface area is 143 Å². The van der Waals surface area contributed by atoms with Crippen LogP contribution in [0.2, 0.25) is 0 Å². The summed E-state index contributed by atoms with van der Waals surface area (Å²) in [6.45, 7) is 1.96. The van der Waals surface area contributed by atoms with Gasteiger partial charge >= 0.3 is 0 Å². The first-order valence-corrected chi connectivity index (χ1v) is 8.24. The maximum atomic E-state index is 12.6. The number of ether oxygens (including phenoxy) is 2. The van der Waals surface area contributed by atoms with Crippen molar-refractivity contribution in [1.82, 2.24) is 19.9 Å². The van der Waals surface area contributed by atoms with Crippen LogP contribution >= 0.6 is 0 Å². The third-order valence-electron chi connectivity index (χ3n) is 4.38. The molecule has 2 aromatic rings. The second kappa shape index (κ2) is 6.73. The Morgan fingerprint density at radius 2 is 2.24 bits per heavy atom. The lowest BCUT2D eigenvalue weighted by atomic mass is 10.1. The molecule has 4 rings (SSSR count). The van der Waals surface area contributed by atoms with Crippen LogP contribution in [-0.2, 0) is 27.2 Å². The monoisotopic (exact) mass is 342 g/mol. The molecule has 1 atom stereocenters. The van der Waals surface area contributed by atoms with E-state index in [0.29, 0.717) is 49.0 Å². The van der Waals surface area contributed by atoms with Gasteiger partial charge in [0.05, 0.1) is 32.1 Å². The molecular weight excluding hydrogens is 324 g/mol. The molecule has 0 spiro atoms. The highest BCUT2D eigenvalue weighted by molar-refractivity contribution is 5.81. The highest BCUT2D eigenvalue weighted by Crippen LogP contribution is 2.19. The number of nitrogens with one attached hydrogen (secondary N) is 1. The van der Waals surface area contributed by atoms with Gasteiger partial charge in [-0.05, 0) is 18.6 Å². The minimum absolute atomic E-state index is 0.119. The third kappa shape index (κ3) is 3.18. The molecule has 8 nitrogen and oxygen atoms in total. The number of rotatable bonds is 2. The van der Waals surface area contributed by atoms with Crippen molar-refractivity contribution in [3.8, 4) is 11.5 Å². The fraction of sp³-hybridized carbons (Fsp3) is 0.412. The van der Waals surface area contributed by atoms with E-state index in [9.17, 15) is 9.59 Å². The lowest BCUT2D eigenvalue weighted by Crippen LogP contribution is -2.48. The van der Waals surface area contributed by atoms with Crippen molar-refractivity contribution < 1.29 is 14.3 Å². The Bertz CT molecular complexity index is 830. The first-order chi connectivity index (χ1) is 12.2. The molecule has 0 bridgehead atoms. The summed E-state index contributed by atoms with van der Waals surface area (Å²) in [7, 11) is 0. The zero-order valence-corrected chi connectivity index (χ0v) is 13.6. The minimum Gasteiger partial charge on any atom is -0.376 e. The fourth-order valence-electron chi connectivity index (χ4n) is 3.09. The molecule has 4 heterocycles. The number of nitrogens with zero attached hydrogens (tertiary/aromatic N) is 3. The molecule has 1 fully saturated rings. The summed E-state index contributed by atoms with van der Waals surface area (Å²) in [6.07, 6.45) is 1.54. The number of aromatic amines is 1. The van der Waals surface area contributed by atoms with Crippen LogP contribution in [0.1, 0.15) is 11.3 Å². The van der Waals surface area contributed by atoms with Gasteiger partial charge in [-0.2, -0.15) is 0 Å². The summed E-state index contributed by atoms with van der Waals surface area (Å²) in [4.78, 5) is 38.2. The average Bonchev–Trinajstić information content (AvgIpc) is 2.68. The smallest absolute Gasteiger partial charge is 0.254 e. The van der Waals surface area contributed by atoms with E-state index in [4.69, 9.17) is 9.47 Å². The highest BCUT2D eigenvalue weighted by atomic mass is 16.6. The van der Waals surface area contributed by atoms with Gasteiger partial charge < -0.3 is 19.4 Å². The molecule has 25 heavy (non-hydrogen) atoms. The normalized spacial score (nSPS) is 20.2. The molecule has 0 unspecified atom stereocenters. The molecule has 2 aliphatic heterocycles. The number of pyridine rings is 1. The predicted octanol–water partition coefficient (Wildman–Crippen LogP) is 0.132. The van der Waals surface area contributed by atoms with E-state index in [1.54, 1.807) is 23.2 Å². The molecule has 8 heteroatoms. The summed E-state index contributed by atoms with van der Waals surface area (Å²) in [6, 6.07) is 5.41. The molecule has 0 saturated carbocycles. The zero-order chi connectivity index (χ0) is 17.2. The summed E-state index contributed by atoms with van der Waals surface area (Å²) < 4.78 is 10.8. The van der Waals surface area contributed by atoms with Gasteiger partial charge in [0.15, 0.2) is 11.9 Å². The minimum atomic E-state index is -0.576. The fourth-order valence-corrected chi connectivity index (χ4v) is 3.09. The van der Waals surface area contributed by atoms with Crippen molar-refractivity contribution in [3.63, 3.8) is 0 Å². The number of amides is 1. The number of H-pyrrole nitrogens is 1. The van der Waals surface area contributed by atoms with E-state index in [2.05, 4.69) is 15.0 Å². The number of hydrogen-bond acceptors (Lipinski definition) is 6. The van der Waals surface area contributed by atoms with E-state index >= 15 is 0 Å². The van der Waals surface area contributed by atoms with Crippen LogP contribution in [0.5, 0.6) is 0 Å². The molecule has 0 aliphatic carbocycles. The Kier molecular flexibility index (Phi) is 4.29. The van der Waals surface area contributed by atoms with E-state index in [1.165, 1.54) is 0 Å². The number of hydrogen-bond donors (Lipinski definition) is 1. The predicted molar refractivity (Wildman–Crippen MR) is 87.8 cm³/mol. The van der Waals surface area contributed by atoms with Crippen molar-refractivity contribution in [2.24, 2.45) is 0 Å². The summed E-state index contributed by atoms with van der Waals surface area (Å²) in [5, 5.41) is 0. The van der Waals surface area contributed by atoms with Gasteiger partial charge in [-0.3, -0.25) is 14.6 Å². The second-order valence-electron chi connectivity index (χ2n) is 6.00. The lowest BCUT2D eigenvalue weighted by molar-refractivity contribution is -0.158. The third-order valence-corrected chi connectivity index (χ3v) is 4.38. The first-order valence-electron chi connectivity index (χ1n) is 8.24. The largest absolute Gasteiger partial charge is 0.376 e. The van der Waals surface area contributed by atoms with E-state index in [1.807, 2.05) is 6.07 Å². The van der Waals surface area contributed by atoms with Crippen molar-refractivity contribution in [1.29, 1.82) is 0 Å². The van der Waals surface area contributed by atoms with Crippen LogP contribution in [0.3, 0.4) is 0 Å². The molecule has 1 amide bonds. The maximum absolute atomic E-state index is 12.6. The van der Waals surface area contributed by atoms with Crippen molar-refractivity contribution in [2.45, 2.75) is 19.1 Å². The van der Waals surface area contributed by atoms with Crippen LogP contribution in [0.25, 0.3) is 11.5 Å². The Morgan fingerprint density at radius 1 is 1.32 bits per heavy atom. The molecule has 0 aromatic carbocycles. The molecule has 0 radical (unpaired) electrons. The molecule has 130 valence electrons. The van der Waals surface area contributed by atoms with Gasteiger partial charge in [0.2, 0.25) is 0 Å². The van der Waals surface area contributed by atoms with Gasteiger partial charge in [0.25, 0.3) is 11.5 Å². The van der Waals surface area contributed by atoms with Gasteiger partial charge in [0, 0.05) is 18.3 Å². The number of carbonyl (C=O) groups excluding carboxylic acids is 1. The molecule has 1 saturated heterocycles. The van der Waals surface area contributed by atoms with Gasteiger partial charge in [-0.25, -0.2) is 4.98 Å². The van der Waals surface area contributed by atoms with Gasteiger partial charge in [-0.15, -0.1) is 0 Å². The Balaban J connectivity index is 1.60. The maximum Gasteiger partial charge on any atom is 0.254 e. The zero-order valence-electron chi connectivity index (χ0n) is 13.6. The summed E-state index contributed by atoms with van der Waals surface area (Å²) in [5.74, 6) is 0.294. The Hall–Kier alpha value is -2.58. The molecular formula is C17H18N4O4. The SMILES string of the molecule is O=C([C@H]1COCCO1)N1CCc2c(nc(-c3ccccn3)[nH]c2=O)C1. The quantitative estimate of drug-likeness (QED) is 0.833. The molecule has 2 aromatic heterocycles. The van der Waals surface area contributed by atoms with E-state index < -0.39 is 6.10 Å². The van der Waals surface area contributed by atoms with Crippen LogP contribution in [0.15, 0.2) is 29.2 Å². The van der Waals surface area contributed by atoms with E-state index in [0.717, 1.165) is 0 Å². The molecule has 1 N–H and O–H groups in total. The van der Waals surface area contributed by atoms with Crippen LogP contribution in [0, 0.1) is 0 Å². The highest BCUT2D eigenvalue weighted by Gasteiger charge is 2.31. The molecule has 2 aliphatic rings. The number of fused-ring (bicyclic) bond motifs is 1. The first kappa shape index (κ1) is 15.9. The van der Waals surface area contributed by atoms with Crippen molar-refractivity contribution in [3.05, 3.63) is 46.0 Å². The summed E-state index contributed by atoms with van der Waals surface area (Å²) >= 11 is 0.